The number of unbranched alkanes of at least 4 members (excludes halogenated alkanes) is 24. The Balaban J connectivity index is 1.67. The van der Waals surface area contributed by atoms with Crippen molar-refractivity contribution in [2.75, 3.05) is 53.5 Å². The summed E-state index contributed by atoms with van der Waals surface area (Å²) in [6.45, 7) is 10.9. The highest BCUT2D eigenvalue weighted by atomic mass is 16.5. The van der Waals surface area contributed by atoms with Crippen LogP contribution in [0.1, 0.15) is 239 Å². The van der Waals surface area contributed by atoms with Gasteiger partial charge in [0.1, 0.15) is 18.2 Å². The first-order chi connectivity index (χ1) is 30.8. The van der Waals surface area contributed by atoms with Gasteiger partial charge < -0.3 is 19.1 Å². The predicted molar refractivity (Wildman–Crippen MR) is 259 cm³/mol. The summed E-state index contributed by atoms with van der Waals surface area (Å²) in [7, 11) is 4.11. The average Bonchev–Trinajstić information content (AvgIpc) is 3.91. The number of hydrogen-bond donors (Lipinski definition) is 0. The highest BCUT2D eigenvalue weighted by molar-refractivity contribution is 5.76. The molecule has 368 valence electrons. The molecule has 2 unspecified atom stereocenters. The van der Waals surface area contributed by atoms with Gasteiger partial charge in [-0.1, -0.05) is 167 Å². The zero-order valence-electron chi connectivity index (χ0n) is 41.8. The van der Waals surface area contributed by atoms with Crippen LogP contribution in [0.3, 0.4) is 0 Å². The summed E-state index contributed by atoms with van der Waals surface area (Å²) in [6, 6.07) is -0.0224. The molecule has 2 heterocycles. The molecule has 3 atom stereocenters. The lowest BCUT2D eigenvalue weighted by molar-refractivity contribution is -0.150. The van der Waals surface area contributed by atoms with Crippen LogP contribution in [0.25, 0.3) is 0 Å². The summed E-state index contributed by atoms with van der Waals surface area (Å²) >= 11 is 0. The van der Waals surface area contributed by atoms with Crippen LogP contribution in [-0.4, -0.2) is 110 Å². The van der Waals surface area contributed by atoms with Gasteiger partial charge >= 0.3 is 17.9 Å². The van der Waals surface area contributed by atoms with Crippen LogP contribution in [-0.2, 0) is 28.6 Å². The number of hydrogen-bond acceptors (Lipinski definition) is 11. The normalized spacial score (nSPS) is 17.7. The second kappa shape index (κ2) is 38.9. The lowest BCUT2D eigenvalue weighted by Crippen LogP contribution is -2.38. The molecule has 0 N–H and O–H groups in total. The van der Waals surface area contributed by atoms with E-state index >= 15 is 0 Å². The molecule has 0 saturated carbocycles. The SMILES string of the molecule is CCCCCCCCCCCOC(=O)CCCCCN1CC(N2CC(CN(C)C)N=N2)C[C@H]1C(=O)OCCCCCCCC(=O)OC(CCCCCCCC)CCCCCCCC. The smallest absolute Gasteiger partial charge is 0.323 e. The fourth-order valence-electron chi connectivity index (χ4n) is 9.17. The van der Waals surface area contributed by atoms with Gasteiger partial charge in [0.05, 0.1) is 25.8 Å². The van der Waals surface area contributed by atoms with Gasteiger partial charge in [0, 0.05) is 25.9 Å². The number of likely N-dealkylation sites (tertiary alicyclic amines) is 1. The van der Waals surface area contributed by atoms with Crippen molar-refractivity contribution in [3.63, 3.8) is 0 Å². The molecular formula is C52H99N5O6. The molecule has 0 amide bonds. The van der Waals surface area contributed by atoms with Gasteiger partial charge in [-0.3, -0.25) is 24.3 Å². The Bertz CT molecular complexity index is 1140. The molecule has 0 bridgehead atoms. The van der Waals surface area contributed by atoms with Crippen molar-refractivity contribution in [3.8, 4) is 0 Å². The Labute approximate surface area is 387 Å². The number of carbonyl (C=O) groups excluding carboxylic acids is 3. The lowest BCUT2D eigenvalue weighted by atomic mass is 10.0. The molecule has 1 saturated heterocycles. The van der Waals surface area contributed by atoms with E-state index in [0.29, 0.717) is 32.5 Å². The van der Waals surface area contributed by atoms with Gasteiger partial charge in [-0.15, -0.1) is 0 Å². The van der Waals surface area contributed by atoms with Crippen LogP contribution < -0.4 is 0 Å². The van der Waals surface area contributed by atoms with Crippen LogP contribution in [0.5, 0.6) is 0 Å². The van der Waals surface area contributed by atoms with Gasteiger partial charge in [0.15, 0.2) is 0 Å². The summed E-state index contributed by atoms with van der Waals surface area (Å²) in [4.78, 5) is 43.1. The van der Waals surface area contributed by atoms with Crippen LogP contribution in [0, 0.1) is 0 Å². The predicted octanol–water partition coefficient (Wildman–Crippen LogP) is 13.0. The van der Waals surface area contributed by atoms with Gasteiger partial charge in [0.2, 0.25) is 0 Å². The maximum absolute atomic E-state index is 13.5. The number of rotatable bonds is 43. The average molecular weight is 890 g/mol. The first-order valence-corrected chi connectivity index (χ1v) is 26.8. The van der Waals surface area contributed by atoms with E-state index in [1.165, 1.54) is 109 Å². The fourth-order valence-corrected chi connectivity index (χ4v) is 9.17. The van der Waals surface area contributed by atoms with Crippen LogP contribution in [0.15, 0.2) is 10.3 Å². The minimum atomic E-state index is -0.295. The highest BCUT2D eigenvalue weighted by Gasteiger charge is 2.41. The van der Waals surface area contributed by atoms with Crippen molar-refractivity contribution in [1.82, 2.24) is 14.8 Å². The largest absolute Gasteiger partial charge is 0.466 e. The summed E-state index contributed by atoms with van der Waals surface area (Å²) in [5.41, 5.74) is 0. The molecule has 11 heteroatoms. The van der Waals surface area contributed by atoms with Gasteiger partial charge in [0.25, 0.3) is 0 Å². The summed E-state index contributed by atoms with van der Waals surface area (Å²) < 4.78 is 17.5. The van der Waals surface area contributed by atoms with Crippen molar-refractivity contribution in [1.29, 1.82) is 0 Å². The maximum atomic E-state index is 13.5. The van der Waals surface area contributed by atoms with E-state index in [1.54, 1.807) is 0 Å². The second-order valence-electron chi connectivity index (χ2n) is 19.4. The molecule has 0 radical (unpaired) electrons. The number of likely N-dealkylation sites (N-methyl/N-ethyl adjacent to an activating group) is 1. The van der Waals surface area contributed by atoms with E-state index in [4.69, 9.17) is 14.2 Å². The zero-order valence-corrected chi connectivity index (χ0v) is 41.8. The Morgan fingerprint density at radius 1 is 0.571 bits per heavy atom. The molecule has 0 spiro atoms. The van der Waals surface area contributed by atoms with E-state index in [1.807, 2.05) is 0 Å². The molecule has 1 fully saturated rings. The summed E-state index contributed by atoms with van der Waals surface area (Å²) in [6.07, 6.45) is 37.4. The van der Waals surface area contributed by atoms with E-state index in [0.717, 1.165) is 116 Å². The van der Waals surface area contributed by atoms with Crippen molar-refractivity contribution >= 4 is 17.9 Å². The third kappa shape index (κ3) is 29.8. The van der Waals surface area contributed by atoms with Crippen LogP contribution in [0.2, 0.25) is 0 Å². The van der Waals surface area contributed by atoms with Gasteiger partial charge in [-0.05, 0) is 84.8 Å². The molecular weight excluding hydrogens is 791 g/mol. The first kappa shape index (κ1) is 56.9. The number of esters is 3. The third-order valence-electron chi connectivity index (χ3n) is 13.0. The summed E-state index contributed by atoms with van der Waals surface area (Å²) in [5, 5.41) is 11.1. The summed E-state index contributed by atoms with van der Waals surface area (Å²) in [5.74, 6) is -0.262. The topological polar surface area (TPSA) is 113 Å². The molecule has 0 aromatic carbocycles. The molecule has 0 aromatic rings. The Morgan fingerprint density at radius 2 is 1.05 bits per heavy atom. The van der Waals surface area contributed by atoms with E-state index in [2.05, 4.69) is 60.0 Å². The van der Waals surface area contributed by atoms with E-state index < -0.39 is 0 Å². The fraction of sp³-hybridized carbons (Fsp3) is 0.942. The van der Waals surface area contributed by atoms with Gasteiger partial charge in [-0.25, -0.2) is 0 Å². The molecule has 11 nitrogen and oxygen atoms in total. The molecule has 2 aliphatic rings. The molecule has 2 rings (SSSR count). The van der Waals surface area contributed by atoms with Crippen LogP contribution in [0.4, 0.5) is 0 Å². The Morgan fingerprint density at radius 3 is 1.60 bits per heavy atom. The molecule has 0 aliphatic carbocycles. The standard InChI is InChI=1S/C52H99N5O6/c1-6-9-12-15-18-19-20-25-33-40-61-50(58)37-31-27-32-39-56-45-47(57-44-46(53-54-57)43-55(4)5)42-49(56)52(60)62-41-34-26-21-24-30-38-51(59)63-48(35-28-22-16-13-10-7-2)36-29-23-17-14-11-8-3/h46-49H,6-45H2,1-5H3/t46?,47?,49-/m0/s1. The molecule has 2 aliphatic heterocycles. The van der Waals surface area contributed by atoms with Gasteiger partial charge in [-0.2, -0.15) is 5.11 Å². The van der Waals surface area contributed by atoms with Crippen molar-refractivity contribution in [2.24, 2.45) is 10.3 Å². The number of carbonyl (C=O) groups is 3. The van der Waals surface area contributed by atoms with Crippen LogP contribution >= 0.6 is 0 Å². The monoisotopic (exact) mass is 890 g/mol. The van der Waals surface area contributed by atoms with Crippen molar-refractivity contribution in [3.05, 3.63) is 0 Å². The molecule has 0 aromatic heterocycles. The zero-order chi connectivity index (χ0) is 45.6. The minimum Gasteiger partial charge on any atom is -0.466 e. The number of nitrogens with zero attached hydrogens (tertiary/aromatic N) is 5. The third-order valence-corrected chi connectivity index (χ3v) is 13.0. The lowest BCUT2D eigenvalue weighted by Gasteiger charge is -2.23. The Hall–Kier alpha value is -2.27. The molecule has 63 heavy (non-hydrogen) atoms. The van der Waals surface area contributed by atoms with E-state index in [-0.39, 0.29) is 42.1 Å². The van der Waals surface area contributed by atoms with Crippen molar-refractivity contribution < 1.29 is 28.6 Å². The second-order valence-corrected chi connectivity index (χ2v) is 19.4. The Kier molecular flexibility index (Phi) is 35.2. The maximum Gasteiger partial charge on any atom is 0.323 e. The first-order valence-electron chi connectivity index (χ1n) is 26.8. The highest BCUT2D eigenvalue weighted by Crippen LogP contribution is 2.27. The minimum absolute atomic E-state index is 0.0315. The quantitative estimate of drug-likeness (QED) is 0.0335. The number of ether oxygens (including phenoxy) is 3. The van der Waals surface area contributed by atoms with Crippen molar-refractivity contribution in [2.45, 2.75) is 263 Å². The van der Waals surface area contributed by atoms with E-state index in [9.17, 15) is 14.4 Å².